The van der Waals surface area contributed by atoms with Gasteiger partial charge in [0.15, 0.2) is 5.82 Å². The molecule has 1 N–H and O–H groups in total. The largest absolute Gasteiger partial charge is 0.294 e. The molecule has 3 aromatic rings. The van der Waals surface area contributed by atoms with E-state index in [4.69, 9.17) is 0 Å². The normalized spacial score (nSPS) is 10.1. The van der Waals surface area contributed by atoms with Crippen LogP contribution >= 0.6 is 0 Å². The first kappa shape index (κ1) is 16.1. The van der Waals surface area contributed by atoms with Crippen molar-refractivity contribution in [2.75, 3.05) is 5.01 Å². The SMILES string of the molecule is O=C(NN(c1ccccn1)c1ccccc1[N+](=O)[O-])c1ccccc1. The molecule has 1 amide bonds. The lowest BCUT2D eigenvalue weighted by Gasteiger charge is -2.24. The highest BCUT2D eigenvalue weighted by Crippen LogP contribution is 2.30. The van der Waals surface area contributed by atoms with E-state index >= 15 is 0 Å². The summed E-state index contributed by atoms with van der Waals surface area (Å²) in [7, 11) is 0. The molecule has 0 aliphatic carbocycles. The number of nitrogens with zero attached hydrogens (tertiary/aromatic N) is 3. The summed E-state index contributed by atoms with van der Waals surface area (Å²) < 4.78 is 0. The molecule has 7 nitrogen and oxygen atoms in total. The van der Waals surface area contributed by atoms with Crippen LogP contribution in [-0.4, -0.2) is 15.8 Å². The van der Waals surface area contributed by atoms with Gasteiger partial charge in [0.1, 0.15) is 5.69 Å². The molecule has 1 heterocycles. The maximum atomic E-state index is 12.5. The minimum atomic E-state index is -0.500. The maximum Gasteiger partial charge on any atom is 0.294 e. The Kier molecular flexibility index (Phi) is 4.66. The molecule has 124 valence electrons. The zero-order chi connectivity index (χ0) is 17.6. The van der Waals surface area contributed by atoms with Crippen LogP contribution in [0.25, 0.3) is 0 Å². The van der Waals surface area contributed by atoms with E-state index in [0.29, 0.717) is 11.4 Å². The van der Waals surface area contributed by atoms with Crippen LogP contribution in [0.5, 0.6) is 0 Å². The molecule has 0 saturated carbocycles. The molecule has 3 rings (SSSR count). The quantitative estimate of drug-likeness (QED) is 0.570. The van der Waals surface area contributed by atoms with Crippen LogP contribution in [0.1, 0.15) is 10.4 Å². The second kappa shape index (κ2) is 7.22. The predicted molar refractivity (Wildman–Crippen MR) is 93.4 cm³/mol. The smallest absolute Gasteiger partial charge is 0.267 e. The fourth-order valence-corrected chi connectivity index (χ4v) is 2.29. The van der Waals surface area contributed by atoms with Gasteiger partial charge in [-0.05, 0) is 30.3 Å². The van der Waals surface area contributed by atoms with Crippen LogP contribution in [0, 0.1) is 10.1 Å². The Morgan fingerprint density at radius 2 is 1.64 bits per heavy atom. The molecule has 0 radical (unpaired) electrons. The number of pyridine rings is 1. The summed E-state index contributed by atoms with van der Waals surface area (Å²) >= 11 is 0. The fourth-order valence-electron chi connectivity index (χ4n) is 2.29. The summed E-state index contributed by atoms with van der Waals surface area (Å²) in [4.78, 5) is 27.6. The maximum absolute atomic E-state index is 12.5. The van der Waals surface area contributed by atoms with E-state index in [1.807, 2.05) is 0 Å². The van der Waals surface area contributed by atoms with E-state index in [-0.39, 0.29) is 11.4 Å². The van der Waals surface area contributed by atoms with Gasteiger partial charge in [-0.15, -0.1) is 0 Å². The highest BCUT2D eigenvalue weighted by Gasteiger charge is 2.23. The molecule has 1 aromatic heterocycles. The molecule has 0 saturated heterocycles. The van der Waals surface area contributed by atoms with E-state index in [0.717, 1.165) is 0 Å². The molecule has 0 aliphatic rings. The van der Waals surface area contributed by atoms with Crippen LogP contribution in [0.2, 0.25) is 0 Å². The number of benzene rings is 2. The Balaban J connectivity index is 2.03. The van der Waals surface area contributed by atoms with Gasteiger partial charge in [-0.3, -0.25) is 20.3 Å². The summed E-state index contributed by atoms with van der Waals surface area (Å²) in [5, 5.41) is 12.7. The molecule has 7 heteroatoms. The first-order chi connectivity index (χ1) is 12.2. The van der Waals surface area contributed by atoms with Crippen molar-refractivity contribution in [2.45, 2.75) is 0 Å². The fraction of sp³-hybridized carbons (Fsp3) is 0. The summed E-state index contributed by atoms with van der Waals surface area (Å²) in [6.07, 6.45) is 1.55. The number of para-hydroxylation sites is 2. The van der Waals surface area contributed by atoms with Gasteiger partial charge in [0, 0.05) is 17.8 Å². The molecule has 2 aromatic carbocycles. The van der Waals surface area contributed by atoms with Crippen molar-refractivity contribution in [3.63, 3.8) is 0 Å². The average Bonchev–Trinajstić information content (AvgIpc) is 2.67. The average molecular weight is 334 g/mol. The van der Waals surface area contributed by atoms with Gasteiger partial charge >= 0.3 is 0 Å². The Labute approximate surface area is 143 Å². The Morgan fingerprint density at radius 3 is 2.32 bits per heavy atom. The molecule has 25 heavy (non-hydrogen) atoms. The Morgan fingerprint density at radius 1 is 0.960 bits per heavy atom. The Hall–Kier alpha value is -3.74. The highest BCUT2D eigenvalue weighted by atomic mass is 16.6. The molecular weight excluding hydrogens is 320 g/mol. The molecule has 0 atom stereocenters. The van der Waals surface area contributed by atoms with Gasteiger partial charge in [0.05, 0.1) is 4.92 Å². The van der Waals surface area contributed by atoms with Crippen molar-refractivity contribution in [3.8, 4) is 0 Å². The first-order valence-electron chi connectivity index (χ1n) is 7.47. The van der Waals surface area contributed by atoms with Crippen LogP contribution in [0.3, 0.4) is 0 Å². The highest BCUT2D eigenvalue weighted by molar-refractivity contribution is 5.96. The van der Waals surface area contributed by atoms with E-state index in [2.05, 4.69) is 10.4 Å². The van der Waals surface area contributed by atoms with E-state index < -0.39 is 10.8 Å². The summed E-state index contributed by atoms with van der Waals surface area (Å²) in [6, 6.07) is 19.9. The standard InChI is InChI=1S/C18H14N4O3/c23-18(14-8-2-1-3-9-14)20-21(17-12-6-7-13-19-17)15-10-4-5-11-16(15)22(24)25/h1-13H,(H,20,23). The third-order valence-corrected chi connectivity index (χ3v) is 3.45. The molecule has 0 unspecified atom stereocenters. The lowest BCUT2D eigenvalue weighted by molar-refractivity contribution is -0.384. The van der Waals surface area contributed by atoms with Gasteiger partial charge in [-0.25, -0.2) is 9.99 Å². The van der Waals surface area contributed by atoms with Gasteiger partial charge in [0.2, 0.25) is 0 Å². The van der Waals surface area contributed by atoms with Gasteiger partial charge in [-0.1, -0.05) is 36.4 Å². The van der Waals surface area contributed by atoms with E-state index in [1.54, 1.807) is 72.9 Å². The van der Waals surface area contributed by atoms with Crippen molar-refractivity contribution < 1.29 is 9.72 Å². The third-order valence-electron chi connectivity index (χ3n) is 3.45. The number of nitro benzene ring substituents is 1. The summed E-state index contributed by atoms with van der Waals surface area (Å²) in [5.74, 6) is -0.0366. The number of rotatable bonds is 5. The molecule has 0 aliphatic heterocycles. The van der Waals surface area contributed by atoms with Crippen LogP contribution in [-0.2, 0) is 0 Å². The van der Waals surface area contributed by atoms with Gasteiger partial charge in [0.25, 0.3) is 11.6 Å². The molecule has 0 bridgehead atoms. The zero-order valence-electron chi connectivity index (χ0n) is 13.1. The zero-order valence-corrected chi connectivity index (χ0v) is 13.1. The molecular formula is C18H14N4O3. The van der Waals surface area contributed by atoms with Crippen molar-refractivity contribution in [1.82, 2.24) is 10.4 Å². The monoisotopic (exact) mass is 334 g/mol. The van der Waals surface area contributed by atoms with Crippen molar-refractivity contribution in [2.24, 2.45) is 0 Å². The molecule has 0 fully saturated rings. The lowest BCUT2D eigenvalue weighted by Crippen LogP contribution is -2.39. The van der Waals surface area contributed by atoms with Crippen molar-refractivity contribution in [1.29, 1.82) is 0 Å². The van der Waals surface area contributed by atoms with E-state index in [9.17, 15) is 14.9 Å². The minimum Gasteiger partial charge on any atom is -0.267 e. The Bertz CT molecular complexity index is 885. The number of carbonyl (C=O) groups is 1. The number of hydrazine groups is 1. The number of carbonyl (C=O) groups excluding carboxylic acids is 1. The first-order valence-corrected chi connectivity index (χ1v) is 7.47. The van der Waals surface area contributed by atoms with Crippen LogP contribution < -0.4 is 10.4 Å². The minimum absolute atomic E-state index is 0.137. The topological polar surface area (TPSA) is 88.4 Å². The number of amides is 1. The number of anilines is 2. The van der Waals surface area contributed by atoms with Crippen LogP contribution in [0.15, 0.2) is 79.0 Å². The van der Waals surface area contributed by atoms with Crippen molar-refractivity contribution in [3.05, 3.63) is 94.7 Å². The number of hydrogen-bond acceptors (Lipinski definition) is 5. The third kappa shape index (κ3) is 3.61. The van der Waals surface area contributed by atoms with Crippen LogP contribution in [0.4, 0.5) is 17.2 Å². The number of nitro groups is 1. The second-order valence-corrected chi connectivity index (χ2v) is 5.08. The second-order valence-electron chi connectivity index (χ2n) is 5.08. The number of hydrogen-bond donors (Lipinski definition) is 1. The number of aromatic nitrogens is 1. The summed E-state index contributed by atoms with van der Waals surface area (Å²) in [6.45, 7) is 0. The lowest BCUT2D eigenvalue weighted by atomic mass is 10.2. The van der Waals surface area contributed by atoms with E-state index in [1.165, 1.54) is 11.1 Å². The van der Waals surface area contributed by atoms with Crippen molar-refractivity contribution >= 4 is 23.1 Å². The molecule has 0 spiro atoms. The number of nitrogens with one attached hydrogen (secondary N) is 1. The van der Waals surface area contributed by atoms with Gasteiger partial charge in [-0.2, -0.15) is 0 Å². The summed E-state index contributed by atoms with van der Waals surface area (Å²) in [5.41, 5.74) is 3.20. The predicted octanol–water partition coefficient (Wildman–Crippen LogP) is 3.47. The van der Waals surface area contributed by atoms with Gasteiger partial charge < -0.3 is 0 Å².